The maximum absolute atomic E-state index is 5.74. The molecule has 2 rings (SSSR count). The molecule has 0 unspecified atom stereocenters. The average Bonchev–Trinajstić information content (AvgIpc) is 2.38. The summed E-state index contributed by atoms with van der Waals surface area (Å²) in [6.45, 7) is 11.3. The predicted octanol–water partition coefficient (Wildman–Crippen LogP) is -0.171. The van der Waals surface area contributed by atoms with E-state index in [1.807, 2.05) is 19.1 Å². The maximum Gasteiger partial charge on any atom is 0.180 e. The van der Waals surface area contributed by atoms with Crippen LogP contribution in [0.3, 0.4) is 0 Å². The van der Waals surface area contributed by atoms with Gasteiger partial charge in [-0.2, -0.15) is 0 Å². The first-order valence-electron chi connectivity index (χ1n) is 6.52. The van der Waals surface area contributed by atoms with Crippen LogP contribution in [0.1, 0.15) is 20.8 Å². The zero-order valence-electron chi connectivity index (χ0n) is 11.4. The fourth-order valence-electron chi connectivity index (χ4n) is 2.58. The standard InChI is InChI=1S/C14H22NO2.HI/c1-4-15(5-2)9-10-17-14-8-7-12(16-6-3)11-13(14)15;/h7-8,11H,4-6,9-10H2,1-3H3;1H/q+1;/p-1. The fourth-order valence-corrected chi connectivity index (χ4v) is 2.58. The highest BCUT2D eigenvalue weighted by molar-refractivity contribution is 5.60. The van der Waals surface area contributed by atoms with Gasteiger partial charge in [-0.25, -0.2) is 0 Å². The van der Waals surface area contributed by atoms with Crippen molar-refractivity contribution in [3.05, 3.63) is 18.2 Å². The van der Waals surface area contributed by atoms with Crippen LogP contribution < -0.4 is 37.9 Å². The molecule has 0 aliphatic carbocycles. The van der Waals surface area contributed by atoms with Crippen molar-refractivity contribution in [3.63, 3.8) is 0 Å². The third-order valence-electron chi connectivity index (χ3n) is 3.74. The molecule has 18 heavy (non-hydrogen) atoms. The Morgan fingerprint density at radius 2 is 1.94 bits per heavy atom. The first-order valence-corrected chi connectivity index (χ1v) is 6.52. The molecule has 0 fully saturated rings. The van der Waals surface area contributed by atoms with Crippen molar-refractivity contribution in [2.75, 3.05) is 32.8 Å². The van der Waals surface area contributed by atoms with E-state index in [0.717, 1.165) is 42.2 Å². The molecule has 0 amide bonds. The van der Waals surface area contributed by atoms with Crippen LogP contribution >= 0.6 is 0 Å². The second-order valence-electron chi connectivity index (χ2n) is 4.41. The quantitative estimate of drug-likeness (QED) is 0.546. The molecule has 0 saturated carbocycles. The lowest BCUT2D eigenvalue weighted by molar-refractivity contribution is -0.00000470. The molecule has 0 atom stereocenters. The van der Waals surface area contributed by atoms with E-state index in [1.165, 1.54) is 5.69 Å². The van der Waals surface area contributed by atoms with Crippen LogP contribution in [-0.2, 0) is 0 Å². The first-order chi connectivity index (χ1) is 8.25. The van der Waals surface area contributed by atoms with Crippen molar-refractivity contribution < 1.29 is 33.5 Å². The van der Waals surface area contributed by atoms with Gasteiger partial charge in [-0.3, -0.25) is 4.48 Å². The molecule has 3 nitrogen and oxygen atoms in total. The van der Waals surface area contributed by atoms with Gasteiger partial charge in [0.1, 0.15) is 18.9 Å². The Morgan fingerprint density at radius 1 is 1.22 bits per heavy atom. The molecule has 1 aliphatic heterocycles. The van der Waals surface area contributed by atoms with Crippen molar-refractivity contribution in [1.82, 2.24) is 4.48 Å². The van der Waals surface area contributed by atoms with Crippen LogP contribution in [0.5, 0.6) is 11.5 Å². The van der Waals surface area contributed by atoms with E-state index in [9.17, 15) is 0 Å². The summed E-state index contributed by atoms with van der Waals surface area (Å²) in [7, 11) is 0. The van der Waals surface area contributed by atoms with Gasteiger partial charge < -0.3 is 33.5 Å². The average molecular weight is 363 g/mol. The number of likely N-dealkylation sites (N-methyl/N-ethyl adjacent to an activating group) is 1. The van der Waals surface area contributed by atoms with Crippen LogP contribution in [0.15, 0.2) is 18.2 Å². The highest BCUT2D eigenvalue weighted by Gasteiger charge is 2.34. The Hall–Kier alpha value is -0.490. The summed E-state index contributed by atoms with van der Waals surface area (Å²) >= 11 is 0. The number of quaternary nitrogens is 1. The van der Waals surface area contributed by atoms with Crippen LogP contribution in [0.4, 0.5) is 5.69 Å². The smallest absolute Gasteiger partial charge is 0.180 e. The first kappa shape index (κ1) is 15.6. The van der Waals surface area contributed by atoms with Crippen LogP contribution in [0.25, 0.3) is 0 Å². The number of fused-ring (bicyclic) bond motifs is 1. The number of rotatable bonds is 4. The fraction of sp³-hybridized carbons (Fsp3) is 0.571. The van der Waals surface area contributed by atoms with Gasteiger partial charge >= 0.3 is 0 Å². The predicted molar refractivity (Wildman–Crippen MR) is 70.8 cm³/mol. The minimum absolute atomic E-state index is 0. The molecule has 0 aromatic heterocycles. The van der Waals surface area contributed by atoms with E-state index in [4.69, 9.17) is 9.47 Å². The highest BCUT2D eigenvalue weighted by atomic mass is 127. The van der Waals surface area contributed by atoms with Gasteiger partial charge in [-0.05, 0) is 32.9 Å². The molecule has 0 N–H and O–H groups in total. The van der Waals surface area contributed by atoms with E-state index in [1.54, 1.807) is 0 Å². The topological polar surface area (TPSA) is 18.5 Å². The van der Waals surface area contributed by atoms with Gasteiger partial charge in [0.05, 0.1) is 19.7 Å². The van der Waals surface area contributed by atoms with Gasteiger partial charge in [0.25, 0.3) is 0 Å². The lowest BCUT2D eigenvalue weighted by Gasteiger charge is -2.40. The summed E-state index contributed by atoms with van der Waals surface area (Å²) in [6, 6.07) is 6.18. The number of benzene rings is 1. The SMILES string of the molecule is CCOc1ccc2c(c1)[N+](CC)(CC)CCO2.[I-]. The van der Waals surface area contributed by atoms with Gasteiger partial charge in [0, 0.05) is 6.07 Å². The highest BCUT2D eigenvalue weighted by Crippen LogP contribution is 2.39. The molecular formula is C14H22INO2. The van der Waals surface area contributed by atoms with Crippen molar-refractivity contribution >= 4 is 5.69 Å². The molecule has 1 aromatic rings. The molecule has 1 aromatic carbocycles. The van der Waals surface area contributed by atoms with E-state index in [-0.39, 0.29) is 24.0 Å². The zero-order chi connectivity index (χ0) is 12.3. The van der Waals surface area contributed by atoms with Gasteiger partial charge in [-0.15, -0.1) is 0 Å². The molecule has 0 radical (unpaired) electrons. The lowest BCUT2D eigenvalue weighted by atomic mass is 10.1. The summed E-state index contributed by atoms with van der Waals surface area (Å²) in [5.74, 6) is 1.96. The summed E-state index contributed by atoms with van der Waals surface area (Å²) in [5.41, 5.74) is 1.27. The largest absolute Gasteiger partial charge is 1.00 e. The summed E-state index contributed by atoms with van der Waals surface area (Å²) < 4.78 is 12.3. The Labute approximate surface area is 127 Å². The van der Waals surface area contributed by atoms with Crippen molar-refractivity contribution in [2.45, 2.75) is 20.8 Å². The van der Waals surface area contributed by atoms with E-state index in [0.29, 0.717) is 6.61 Å². The number of ether oxygens (including phenoxy) is 2. The number of nitrogens with zero attached hydrogens (tertiary/aromatic N) is 1. The monoisotopic (exact) mass is 363 g/mol. The summed E-state index contributed by atoms with van der Waals surface area (Å²) in [6.07, 6.45) is 0. The number of hydrogen-bond donors (Lipinski definition) is 0. The third kappa shape index (κ3) is 2.74. The second-order valence-corrected chi connectivity index (χ2v) is 4.41. The molecule has 1 aliphatic rings. The molecule has 4 heteroatoms. The van der Waals surface area contributed by atoms with Crippen molar-refractivity contribution in [1.29, 1.82) is 0 Å². The summed E-state index contributed by atoms with van der Waals surface area (Å²) in [5, 5.41) is 0. The number of halogens is 1. The Kier molecular flexibility index (Phi) is 5.72. The third-order valence-corrected chi connectivity index (χ3v) is 3.74. The van der Waals surface area contributed by atoms with E-state index in [2.05, 4.69) is 19.9 Å². The minimum atomic E-state index is 0. The van der Waals surface area contributed by atoms with Crippen LogP contribution in [-0.4, -0.2) is 32.8 Å². The van der Waals surface area contributed by atoms with Crippen molar-refractivity contribution in [2.24, 2.45) is 0 Å². The molecule has 0 bridgehead atoms. The van der Waals surface area contributed by atoms with Gasteiger partial charge in [0.15, 0.2) is 11.4 Å². The van der Waals surface area contributed by atoms with Crippen molar-refractivity contribution in [3.8, 4) is 11.5 Å². The minimum Gasteiger partial charge on any atom is -1.00 e. The number of hydrogen-bond acceptors (Lipinski definition) is 2. The Morgan fingerprint density at radius 3 is 2.56 bits per heavy atom. The molecule has 102 valence electrons. The van der Waals surface area contributed by atoms with E-state index < -0.39 is 0 Å². The van der Waals surface area contributed by atoms with Gasteiger partial charge in [-0.1, -0.05) is 0 Å². The second kappa shape index (κ2) is 6.61. The van der Waals surface area contributed by atoms with Crippen LogP contribution in [0.2, 0.25) is 0 Å². The van der Waals surface area contributed by atoms with E-state index >= 15 is 0 Å². The molecule has 1 heterocycles. The molecule has 0 saturated heterocycles. The van der Waals surface area contributed by atoms with Gasteiger partial charge in [0.2, 0.25) is 0 Å². The Balaban J connectivity index is 0.00000162. The zero-order valence-corrected chi connectivity index (χ0v) is 13.6. The normalized spacial score (nSPS) is 16.2. The van der Waals surface area contributed by atoms with Crippen LogP contribution in [0, 0.1) is 0 Å². The Bertz CT molecular complexity index is 391. The maximum atomic E-state index is 5.74. The lowest BCUT2D eigenvalue weighted by Crippen LogP contribution is -3.00. The molecule has 0 spiro atoms. The molecular weight excluding hydrogens is 341 g/mol. The summed E-state index contributed by atoms with van der Waals surface area (Å²) in [4.78, 5) is 0.